The number of fused-ring (bicyclic) bond motifs is 1. The third-order valence-electron chi connectivity index (χ3n) is 4.56. The third-order valence-corrected chi connectivity index (χ3v) is 5.15. The van der Waals surface area contributed by atoms with E-state index in [1.165, 1.54) is 6.08 Å². The highest BCUT2D eigenvalue weighted by Crippen LogP contribution is 2.32. The molecule has 2 N–H and O–H groups in total. The van der Waals surface area contributed by atoms with Gasteiger partial charge in [-0.25, -0.2) is 4.79 Å². The molecular formula is C22H14Cl2N2O4. The van der Waals surface area contributed by atoms with Crippen LogP contribution in [0.4, 0.5) is 4.79 Å². The molecule has 8 heteroatoms. The van der Waals surface area contributed by atoms with Gasteiger partial charge in [-0.15, -0.1) is 0 Å². The molecule has 1 fully saturated rings. The fourth-order valence-electron chi connectivity index (χ4n) is 3.10. The number of imide groups is 2. The predicted molar refractivity (Wildman–Crippen MR) is 114 cm³/mol. The molecule has 1 aliphatic heterocycles. The van der Waals surface area contributed by atoms with Crippen molar-refractivity contribution in [2.24, 2.45) is 0 Å². The van der Waals surface area contributed by atoms with Gasteiger partial charge >= 0.3 is 6.03 Å². The van der Waals surface area contributed by atoms with Gasteiger partial charge in [0, 0.05) is 21.2 Å². The lowest BCUT2D eigenvalue weighted by atomic mass is 10.00. The summed E-state index contributed by atoms with van der Waals surface area (Å²) in [5.74, 6) is -1.10. The van der Waals surface area contributed by atoms with Crippen molar-refractivity contribution in [3.8, 4) is 5.75 Å². The zero-order chi connectivity index (χ0) is 21.3. The maximum Gasteiger partial charge on any atom is 0.328 e. The Hall–Kier alpha value is -3.35. The van der Waals surface area contributed by atoms with Gasteiger partial charge in [-0.05, 0) is 35.0 Å². The second-order valence-electron chi connectivity index (χ2n) is 6.52. The summed E-state index contributed by atoms with van der Waals surface area (Å²) in [6, 6.07) is 15.4. The lowest BCUT2D eigenvalue weighted by molar-refractivity contribution is -0.123. The Bertz CT molecular complexity index is 1220. The maximum absolute atomic E-state index is 12.2. The topological polar surface area (TPSA) is 84.5 Å². The Morgan fingerprint density at radius 1 is 0.900 bits per heavy atom. The van der Waals surface area contributed by atoms with Gasteiger partial charge in [0.05, 0.1) is 0 Å². The number of ether oxygens (including phenoxy) is 1. The molecule has 0 bridgehead atoms. The van der Waals surface area contributed by atoms with Gasteiger partial charge < -0.3 is 4.74 Å². The molecule has 0 unspecified atom stereocenters. The van der Waals surface area contributed by atoms with Crippen LogP contribution >= 0.6 is 23.2 Å². The van der Waals surface area contributed by atoms with Gasteiger partial charge in [0.15, 0.2) is 0 Å². The first-order valence-corrected chi connectivity index (χ1v) is 9.65. The molecule has 0 spiro atoms. The van der Waals surface area contributed by atoms with E-state index in [0.717, 1.165) is 16.3 Å². The van der Waals surface area contributed by atoms with Gasteiger partial charge in [0.1, 0.15) is 17.9 Å². The van der Waals surface area contributed by atoms with E-state index < -0.39 is 17.8 Å². The molecule has 3 aromatic rings. The number of hydrogen-bond acceptors (Lipinski definition) is 4. The molecule has 1 saturated heterocycles. The van der Waals surface area contributed by atoms with Gasteiger partial charge in [-0.3, -0.25) is 20.2 Å². The second-order valence-corrected chi connectivity index (χ2v) is 7.36. The number of halogens is 2. The van der Waals surface area contributed by atoms with Crippen LogP contribution in [0.15, 0.2) is 60.2 Å². The molecule has 6 nitrogen and oxygen atoms in total. The largest absolute Gasteiger partial charge is 0.488 e. The van der Waals surface area contributed by atoms with Crippen molar-refractivity contribution in [1.82, 2.24) is 10.6 Å². The summed E-state index contributed by atoms with van der Waals surface area (Å²) in [7, 11) is 0. The fourth-order valence-corrected chi connectivity index (χ4v) is 3.56. The van der Waals surface area contributed by atoms with Crippen LogP contribution < -0.4 is 15.4 Å². The Morgan fingerprint density at radius 3 is 2.37 bits per heavy atom. The first-order valence-electron chi connectivity index (χ1n) is 8.89. The molecule has 30 heavy (non-hydrogen) atoms. The molecule has 0 aliphatic carbocycles. The zero-order valence-corrected chi connectivity index (χ0v) is 16.9. The minimum absolute atomic E-state index is 0.154. The summed E-state index contributed by atoms with van der Waals surface area (Å²) in [5.41, 5.74) is 1.07. The van der Waals surface area contributed by atoms with E-state index in [1.807, 2.05) is 30.3 Å². The summed E-state index contributed by atoms with van der Waals surface area (Å²) < 4.78 is 5.98. The molecular weight excluding hydrogens is 427 g/mol. The molecule has 3 aromatic carbocycles. The lowest BCUT2D eigenvalue weighted by Gasteiger charge is -2.16. The van der Waals surface area contributed by atoms with E-state index in [4.69, 9.17) is 27.9 Å². The summed E-state index contributed by atoms with van der Waals surface area (Å²) >= 11 is 12.2. The van der Waals surface area contributed by atoms with Crippen molar-refractivity contribution < 1.29 is 19.1 Å². The molecule has 150 valence electrons. The first-order chi connectivity index (χ1) is 14.4. The average molecular weight is 441 g/mol. The van der Waals surface area contributed by atoms with E-state index in [2.05, 4.69) is 10.6 Å². The standard InChI is InChI=1S/C22H14Cl2N2O4/c23-14-7-5-13(18(24)9-14)11-30-19-8-6-12-3-1-2-4-15(12)16(19)10-17-20(27)25-22(29)26-21(17)28/h1-10H,11H2,(H2,25,26,27,28,29). The van der Waals surface area contributed by atoms with Gasteiger partial charge in [0.25, 0.3) is 11.8 Å². The number of nitrogens with one attached hydrogen (secondary N) is 2. The van der Waals surface area contributed by atoms with E-state index in [9.17, 15) is 14.4 Å². The highest BCUT2D eigenvalue weighted by atomic mass is 35.5. The smallest absolute Gasteiger partial charge is 0.328 e. The highest BCUT2D eigenvalue weighted by Gasteiger charge is 2.28. The van der Waals surface area contributed by atoms with Gasteiger partial charge in [-0.2, -0.15) is 0 Å². The number of benzene rings is 3. The van der Waals surface area contributed by atoms with E-state index in [1.54, 1.807) is 24.3 Å². The molecule has 1 aliphatic rings. The number of rotatable bonds is 4. The molecule has 1 heterocycles. The molecule has 0 saturated carbocycles. The SMILES string of the molecule is O=C1NC(=O)C(=Cc2c(OCc3ccc(Cl)cc3Cl)ccc3ccccc23)C(=O)N1. The molecule has 0 atom stereocenters. The molecule has 4 amide bonds. The van der Waals surface area contributed by atoms with Gasteiger partial charge in [0.2, 0.25) is 0 Å². The molecule has 0 radical (unpaired) electrons. The third kappa shape index (κ3) is 4.01. The summed E-state index contributed by atoms with van der Waals surface area (Å²) in [5, 5.41) is 6.80. The summed E-state index contributed by atoms with van der Waals surface area (Å²) in [6.45, 7) is 0.154. The number of carbonyl (C=O) groups is 3. The van der Waals surface area contributed by atoms with Crippen LogP contribution in [0.25, 0.3) is 16.8 Å². The van der Waals surface area contributed by atoms with Crippen molar-refractivity contribution in [1.29, 1.82) is 0 Å². The number of amides is 4. The van der Waals surface area contributed by atoms with Crippen LogP contribution in [-0.4, -0.2) is 17.8 Å². The maximum atomic E-state index is 12.2. The Balaban J connectivity index is 1.77. The Labute approximate surface area is 181 Å². The normalized spacial score (nSPS) is 13.8. The van der Waals surface area contributed by atoms with Crippen LogP contribution in [0.3, 0.4) is 0 Å². The first kappa shape index (κ1) is 19.9. The van der Waals surface area contributed by atoms with Crippen LogP contribution in [0, 0.1) is 0 Å². The van der Waals surface area contributed by atoms with Crippen LogP contribution in [0.2, 0.25) is 10.0 Å². The van der Waals surface area contributed by atoms with Crippen molar-refractivity contribution in [3.05, 3.63) is 81.3 Å². The Morgan fingerprint density at radius 2 is 1.63 bits per heavy atom. The van der Waals surface area contributed by atoms with Crippen molar-refractivity contribution in [2.45, 2.75) is 6.61 Å². The summed E-state index contributed by atoms with van der Waals surface area (Å²) in [4.78, 5) is 35.7. The zero-order valence-electron chi connectivity index (χ0n) is 15.4. The predicted octanol–water partition coefficient (Wildman–Crippen LogP) is 4.48. The fraction of sp³-hybridized carbons (Fsp3) is 0.0455. The second kappa shape index (κ2) is 8.18. The summed E-state index contributed by atoms with van der Waals surface area (Å²) in [6.07, 6.45) is 1.41. The molecule has 0 aromatic heterocycles. The number of urea groups is 1. The van der Waals surface area contributed by atoms with Crippen LogP contribution in [0.1, 0.15) is 11.1 Å². The van der Waals surface area contributed by atoms with E-state index in [0.29, 0.717) is 21.4 Å². The number of hydrogen-bond donors (Lipinski definition) is 2. The van der Waals surface area contributed by atoms with Crippen LogP contribution in [-0.2, 0) is 16.2 Å². The average Bonchev–Trinajstić information content (AvgIpc) is 2.70. The Kier molecular flexibility index (Phi) is 5.44. The van der Waals surface area contributed by atoms with Crippen molar-refractivity contribution in [3.63, 3.8) is 0 Å². The number of carbonyl (C=O) groups excluding carboxylic acids is 3. The van der Waals surface area contributed by atoms with E-state index in [-0.39, 0.29) is 12.2 Å². The minimum Gasteiger partial charge on any atom is -0.488 e. The highest BCUT2D eigenvalue weighted by molar-refractivity contribution is 6.35. The van der Waals surface area contributed by atoms with Crippen LogP contribution in [0.5, 0.6) is 5.75 Å². The lowest BCUT2D eigenvalue weighted by Crippen LogP contribution is -2.51. The molecule has 4 rings (SSSR count). The monoisotopic (exact) mass is 440 g/mol. The van der Waals surface area contributed by atoms with Gasteiger partial charge in [-0.1, -0.05) is 59.6 Å². The number of barbiturate groups is 1. The van der Waals surface area contributed by atoms with Crippen molar-refractivity contribution >= 4 is 57.9 Å². The quantitative estimate of drug-likeness (QED) is 0.462. The minimum atomic E-state index is -0.853. The van der Waals surface area contributed by atoms with Crippen molar-refractivity contribution in [2.75, 3.05) is 0 Å². The van der Waals surface area contributed by atoms with E-state index >= 15 is 0 Å².